The van der Waals surface area contributed by atoms with Crippen LogP contribution in [0, 0.1) is 6.92 Å². The first-order valence-corrected chi connectivity index (χ1v) is 7.21. The van der Waals surface area contributed by atoms with Crippen LogP contribution in [0.4, 0.5) is 0 Å². The minimum Gasteiger partial charge on any atom is -0.394 e. The Labute approximate surface area is 117 Å². The Morgan fingerprint density at radius 1 is 1.37 bits per heavy atom. The smallest absolute Gasteiger partial charge is 0.172 e. The monoisotopic (exact) mass is 278 g/mol. The van der Waals surface area contributed by atoms with Gasteiger partial charge in [-0.15, -0.1) is 0 Å². The molecule has 0 atom stereocenters. The molecular formula is C14H18N2O2S. The van der Waals surface area contributed by atoms with Crippen LogP contribution in [0.15, 0.2) is 41.8 Å². The van der Waals surface area contributed by atoms with Crippen LogP contribution in [0.25, 0.3) is 5.69 Å². The largest absolute Gasteiger partial charge is 0.394 e. The van der Waals surface area contributed by atoms with Crippen LogP contribution in [0.1, 0.15) is 5.56 Å². The second kappa shape index (κ2) is 7.33. The minimum absolute atomic E-state index is 0.0720. The Morgan fingerprint density at radius 2 is 2.26 bits per heavy atom. The van der Waals surface area contributed by atoms with Crippen molar-refractivity contribution in [3.05, 3.63) is 42.2 Å². The van der Waals surface area contributed by atoms with E-state index in [1.165, 1.54) is 5.56 Å². The van der Waals surface area contributed by atoms with Crippen LogP contribution in [-0.2, 0) is 4.74 Å². The predicted molar refractivity (Wildman–Crippen MR) is 76.9 cm³/mol. The Bertz CT molecular complexity index is 514. The van der Waals surface area contributed by atoms with Crippen molar-refractivity contribution in [1.82, 2.24) is 9.55 Å². The summed E-state index contributed by atoms with van der Waals surface area (Å²) in [5.74, 6) is 0.822. The molecule has 0 aliphatic heterocycles. The normalized spacial score (nSPS) is 10.8. The lowest BCUT2D eigenvalue weighted by Crippen LogP contribution is -2.03. The zero-order valence-corrected chi connectivity index (χ0v) is 11.8. The lowest BCUT2D eigenvalue weighted by atomic mass is 10.2. The summed E-state index contributed by atoms with van der Waals surface area (Å²) in [5.41, 5.74) is 2.35. The van der Waals surface area contributed by atoms with Crippen LogP contribution in [0.5, 0.6) is 0 Å². The second-order valence-electron chi connectivity index (χ2n) is 4.10. The molecular weight excluding hydrogens is 260 g/mol. The summed E-state index contributed by atoms with van der Waals surface area (Å²) in [5, 5.41) is 9.58. The van der Waals surface area contributed by atoms with E-state index in [0.29, 0.717) is 13.2 Å². The van der Waals surface area contributed by atoms with E-state index in [9.17, 15) is 0 Å². The van der Waals surface area contributed by atoms with Gasteiger partial charge in [0, 0.05) is 23.8 Å². The molecule has 2 rings (SSSR count). The molecule has 1 heterocycles. The maximum absolute atomic E-state index is 8.62. The maximum atomic E-state index is 8.62. The summed E-state index contributed by atoms with van der Waals surface area (Å²) in [6.45, 7) is 3.16. The molecule has 2 aromatic rings. The third-order valence-corrected chi connectivity index (χ3v) is 3.51. The van der Waals surface area contributed by atoms with Crippen LogP contribution in [0.3, 0.4) is 0 Å². The number of aliphatic hydroxyl groups is 1. The number of benzene rings is 1. The van der Waals surface area contributed by atoms with Gasteiger partial charge in [-0.3, -0.25) is 4.57 Å². The predicted octanol–water partition coefficient (Wildman–Crippen LogP) is 2.28. The van der Waals surface area contributed by atoms with E-state index in [-0.39, 0.29) is 6.61 Å². The molecule has 1 aromatic heterocycles. The summed E-state index contributed by atoms with van der Waals surface area (Å²) in [6.07, 6.45) is 3.77. The van der Waals surface area contributed by atoms with E-state index >= 15 is 0 Å². The maximum Gasteiger partial charge on any atom is 0.172 e. The van der Waals surface area contributed by atoms with Gasteiger partial charge in [-0.05, 0) is 24.6 Å². The zero-order chi connectivity index (χ0) is 13.5. The van der Waals surface area contributed by atoms with Crippen LogP contribution >= 0.6 is 11.8 Å². The van der Waals surface area contributed by atoms with Crippen molar-refractivity contribution >= 4 is 11.8 Å². The second-order valence-corrected chi connectivity index (χ2v) is 5.17. The Balaban J connectivity index is 1.98. The molecule has 1 N–H and O–H groups in total. The average molecular weight is 278 g/mol. The van der Waals surface area contributed by atoms with Crippen LogP contribution in [0.2, 0.25) is 0 Å². The van der Waals surface area contributed by atoms with Gasteiger partial charge in [0.15, 0.2) is 5.16 Å². The summed E-state index contributed by atoms with van der Waals surface area (Å²) >= 11 is 1.65. The van der Waals surface area contributed by atoms with E-state index in [1.54, 1.807) is 18.0 Å². The molecule has 0 saturated heterocycles. The molecule has 0 radical (unpaired) electrons. The molecule has 0 aliphatic carbocycles. The standard InChI is InChI=1S/C14H18N2O2S/c1-12-3-2-4-13(11-12)16-6-5-15-14(16)19-10-9-18-8-7-17/h2-6,11,17H,7-10H2,1H3. The van der Waals surface area contributed by atoms with Crippen molar-refractivity contribution in [2.75, 3.05) is 25.6 Å². The number of imidazole rings is 1. The van der Waals surface area contributed by atoms with Gasteiger partial charge in [0.05, 0.1) is 19.8 Å². The molecule has 4 nitrogen and oxygen atoms in total. The van der Waals surface area contributed by atoms with E-state index < -0.39 is 0 Å². The number of ether oxygens (including phenoxy) is 1. The summed E-state index contributed by atoms with van der Waals surface area (Å²) in [6, 6.07) is 8.33. The fourth-order valence-corrected chi connectivity index (χ4v) is 2.55. The third-order valence-electron chi connectivity index (χ3n) is 2.58. The number of aliphatic hydroxyl groups excluding tert-OH is 1. The minimum atomic E-state index is 0.0720. The van der Waals surface area contributed by atoms with E-state index in [2.05, 4.69) is 34.7 Å². The SMILES string of the molecule is Cc1cccc(-n2ccnc2SCCOCCO)c1. The average Bonchev–Trinajstić information content (AvgIpc) is 2.87. The molecule has 102 valence electrons. The molecule has 0 fully saturated rings. The van der Waals surface area contributed by atoms with Gasteiger partial charge in [0.1, 0.15) is 0 Å². The van der Waals surface area contributed by atoms with Crippen molar-refractivity contribution < 1.29 is 9.84 Å². The number of hydrogen-bond donors (Lipinski definition) is 1. The molecule has 0 spiro atoms. The Morgan fingerprint density at radius 3 is 3.05 bits per heavy atom. The van der Waals surface area contributed by atoms with Crippen LogP contribution in [-0.4, -0.2) is 40.2 Å². The highest BCUT2D eigenvalue weighted by atomic mass is 32.2. The van der Waals surface area contributed by atoms with Gasteiger partial charge in [0.25, 0.3) is 0 Å². The number of nitrogens with zero attached hydrogens (tertiary/aromatic N) is 2. The highest BCUT2D eigenvalue weighted by Crippen LogP contribution is 2.20. The lowest BCUT2D eigenvalue weighted by Gasteiger charge is -2.08. The molecule has 5 heteroatoms. The van der Waals surface area contributed by atoms with Crippen molar-refractivity contribution in [3.8, 4) is 5.69 Å². The van der Waals surface area contributed by atoms with E-state index in [1.807, 2.05) is 12.3 Å². The summed E-state index contributed by atoms with van der Waals surface area (Å²) in [4.78, 5) is 4.36. The highest BCUT2D eigenvalue weighted by molar-refractivity contribution is 7.99. The highest BCUT2D eigenvalue weighted by Gasteiger charge is 2.05. The first-order chi connectivity index (χ1) is 9.31. The first-order valence-electron chi connectivity index (χ1n) is 6.23. The molecule has 0 amide bonds. The Kier molecular flexibility index (Phi) is 5.44. The van der Waals surface area contributed by atoms with Gasteiger partial charge >= 0.3 is 0 Å². The van der Waals surface area contributed by atoms with Crippen molar-refractivity contribution in [1.29, 1.82) is 0 Å². The van der Waals surface area contributed by atoms with Gasteiger partial charge in [-0.25, -0.2) is 4.98 Å². The number of rotatable bonds is 7. The molecule has 19 heavy (non-hydrogen) atoms. The first kappa shape index (κ1) is 14.1. The summed E-state index contributed by atoms with van der Waals surface area (Å²) < 4.78 is 7.31. The molecule has 0 bridgehead atoms. The third kappa shape index (κ3) is 4.09. The number of hydrogen-bond acceptors (Lipinski definition) is 4. The lowest BCUT2D eigenvalue weighted by molar-refractivity contribution is 0.103. The molecule has 1 aromatic carbocycles. The van der Waals surface area contributed by atoms with Gasteiger partial charge in [-0.1, -0.05) is 23.9 Å². The fraction of sp³-hybridized carbons (Fsp3) is 0.357. The summed E-state index contributed by atoms with van der Waals surface area (Å²) in [7, 11) is 0. The molecule has 0 saturated carbocycles. The Hall–Kier alpha value is -1.30. The number of aryl methyl sites for hydroxylation is 1. The topological polar surface area (TPSA) is 47.3 Å². The number of aromatic nitrogens is 2. The fourth-order valence-electron chi connectivity index (χ4n) is 1.73. The molecule has 0 unspecified atom stereocenters. The van der Waals surface area contributed by atoms with Crippen molar-refractivity contribution in [3.63, 3.8) is 0 Å². The van der Waals surface area contributed by atoms with Crippen LogP contribution < -0.4 is 0 Å². The van der Waals surface area contributed by atoms with E-state index in [0.717, 1.165) is 16.6 Å². The zero-order valence-electron chi connectivity index (χ0n) is 11.0. The quantitative estimate of drug-likeness (QED) is 0.623. The van der Waals surface area contributed by atoms with Gasteiger partial charge in [-0.2, -0.15) is 0 Å². The van der Waals surface area contributed by atoms with Gasteiger partial charge in [0.2, 0.25) is 0 Å². The van der Waals surface area contributed by atoms with Crippen molar-refractivity contribution in [2.45, 2.75) is 12.1 Å². The number of thioether (sulfide) groups is 1. The van der Waals surface area contributed by atoms with Gasteiger partial charge < -0.3 is 9.84 Å². The van der Waals surface area contributed by atoms with Crippen molar-refractivity contribution in [2.24, 2.45) is 0 Å². The molecule has 0 aliphatic rings. The van der Waals surface area contributed by atoms with E-state index in [4.69, 9.17) is 9.84 Å².